The van der Waals surface area contributed by atoms with Crippen molar-refractivity contribution in [3.05, 3.63) is 0 Å². The summed E-state index contributed by atoms with van der Waals surface area (Å²) in [5, 5.41) is 0. The van der Waals surface area contributed by atoms with E-state index >= 15 is 0 Å². The van der Waals surface area contributed by atoms with E-state index in [-0.39, 0.29) is 38.1 Å². The van der Waals surface area contributed by atoms with Gasteiger partial charge in [-0.25, -0.2) is 9.69 Å². The van der Waals surface area contributed by atoms with E-state index in [9.17, 15) is 14.4 Å². The fourth-order valence-corrected chi connectivity index (χ4v) is 1.57. The lowest BCUT2D eigenvalue weighted by atomic mass is 10.4. The Balaban J connectivity index is 2.44. The van der Waals surface area contributed by atoms with Gasteiger partial charge in [0.05, 0.1) is 26.2 Å². The molecule has 7 heteroatoms. The van der Waals surface area contributed by atoms with Gasteiger partial charge in [-0.3, -0.25) is 14.5 Å². The van der Waals surface area contributed by atoms with Crippen molar-refractivity contribution in [3.8, 4) is 0 Å². The first-order valence-corrected chi connectivity index (χ1v) is 5.93. The lowest BCUT2D eigenvalue weighted by Gasteiger charge is -2.20. The molecule has 0 spiro atoms. The van der Waals surface area contributed by atoms with Crippen molar-refractivity contribution in [2.24, 2.45) is 0 Å². The van der Waals surface area contributed by atoms with Crippen LogP contribution in [-0.2, 0) is 19.1 Å². The van der Waals surface area contributed by atoms with E-state index in [1.54, 1.807) is 11.8 Å². The lowest BCUT2D eigenvalue weighted by Crippen LogP contribution is -2.42. The van der Waals surface area contributed by atoms with E-state index in [0.29, 0.717) is 13.2 Å². The summed E-state index contributed by atoms with van der Waals surface area (Å²) >= 11 is 0. The highest BCUT2D eigenvalue weighted by Crippen LogP contribution is 2.04. The van der Waals surface area contributed by atoms with Crippen LogP contribution in [0.5, 0.6) is 0 Å². The van der Waals surface area contributed by atoms with E-state index in [4.69, 9.17) is 4.74 Å². The van der Waals surface area contributed by atoms with Crippen molar-refractivity contribution in [2.75, 3.05) is 39.4 Å². The Labute approximate surface area is 106 Å². The van der Waals surface area contributed by atoms with Crippen LogP contribution < -0.4 is 0 Å². The molecule has 1 rings (SSSR count). The van der Waals surface area contributed by atoms with Crippen LogP contribution in [0.3, 0.4) is 0 Å². The molecule has 0 atom stereocenters. The van der Waals surface area contributed by atoms with Gasteiger partial charge in [0, 0.05) is 0 Å². The van der Waals surface area contributed by atoms with Gasteiger partial charge in [0.2, 0.25) is 5.91 Å². The smallest absolute Gasteiger partial charge is 0.416 e. The van der Waals surface area contributed by atoms with Crippen LogP contribution in [0.1, 0.15) is 13.8 Å². The van der Waals surface area contributed by atoms with Gasteiger partial charge in [0.25, 0.3) is 0 Å². The predicted molar refractivity (Wildman–Crippen MR) is 61.8 cm³/mol. The van der Waals surface area contributed by atoms with Crippen LogP contribution in [0, 0.1) is 0 Å². The summed E-state index contributed by atoms with van der Waals surface area (Å²) in [5.74, 6) is -0.736. The highest BCUT2D eigenvalue weighted by Gasteiger charge is 2.29. The first kappa shape index (κ1) is 14.4. The van der Waals surface area contributed by atoms with Gasteiger partial charge < -0.3 is 9.47 Å². The summed E-state index contributed by atoms with van der Waals surface area (Å²) in [7, 11) is 0. The van der Waals surface area contributed by atoms with Crippen LogP contribution in [0.15, 0.2) is 0 Å². The molecule has 1 saturated heterocycles. The highest BCUT2D eigenvalue weighted by molar-refractivity contribution is 5.94. The third-order valence-corrected chi connectivity index (χ3v) is 2.53. The van der Waals surface area contributed by atoms with Crippen LogP contribution in [0.4, 0.5) is 4.79 Å². The normalized spacial score (nSPS) is 14.8. The summed E-state index contributed by atoms with van der Waals surface area (Å²) < 4.78 is 9.48. The minimum atomic E-state index is -0.618. The number of likely N-dealkylation sites (N-methyl/N-ethyl adjacent to an activating group) is 1. The fraction of sp³-hybridized carbons (Fsp3) is 0.727. The quantitative estimate of drug-likeness (QED) is 0.617. The Hall–Kier alpha value is -1.63. The van der Waals surface area contributed by atoms with Crippen molar-refractivity contribution in [2.45, 2.75) is 13.8 Å². The summed E-state index contributed by atoms with van der Waals surface area (Å²) in [6.07, 6.45) is -0.618. The van der Waals surface area contributed by atoms with E-state index in [1.165, 1.54) is 0 Å². The number of hydrogen-bond acceptors (Lipinski definition) is 6. The fourth-order valence-electron chi connectivity index (χ4n) is 1.57. The minimum Gasteiger partial charge on any atom is -0.465 e. The van der Waals surface area contributed by atoms with E-state index in [2.05, 4.69) is 4.74 Å². The molecular formula is C11H18N2O5. The molecule has 1 aliphatic rings. The Kier molecular flexibility index (Phi) is 5.57. The molecule has 0 radical (unpaired) electrons. The van der Waals surface area contributed by atoms with Crippen LogP contribution in [-0.4, -0.2) is 67.2 Å². The number of nitrogens with zero attached hydrogens (tertiary/aromatic N) is 2. The average molecular weight is 258 g/mol. The molecular weight excluding hydrogens is 240 g/mol. The van der Waals surface area contributed by atoms with Gasteiger partial charge in [-0.15, -0.1) is 0 Å². The van der Waals surface area contributed by atoms with Crippen LogP contribution in [0.25, 0.3) is 0 Å². The molecule has 0 unspecified atom stereocenters. The zero-order valence-electron chi connectivity index (χ0n) is 10.7. The van der Waals surface area contributed by atoms with Crippen molar-refractivity contribution in [3.63, 3.8) is 0 Å². The minimum absolute atomic E-state index is 0.00438. The van der Waals surface area contributed by atoms with E-state index in [0.717, 1.165) is 4.90 Å². The van der Waals surface area contributed by atoms with Crippen LogP contribution in [0.2, 0.25) is 0 Å². The van der Waals surface area contributed by atoms with Crippen molar-refractivity contribution >= 4 is 18.0 Å². The molecule has 0 bridgehead atoms. The molecule has 2 amide bonds. The van der Waals surface area contributed by atoms with E-state index < -0.39 is 6.09 Å². The van der Waals surface area contributed by atoms with Crippen molar-refractivity contribution in [1.82, 2.24) is 9.80 Å². The second-order valence-corrected chi connectivity index (χ2v) is 3.77. The van der Waals surface area contributed by atoms with Gasteiger partial charge >= 0.3 is 12.1 Å². The standard InChI is InChI=1S/C11H18N2O5/c1-3-12(8-10(15)17-4-2)7-9(14)13-5-6-18-11(13)16/h3-8H2,1-2H3. The summed E-state index contributed by atoms with van der Waals surface area (Å²) in [6.45, 7) is 4.93. The maximum atomic E-state index is 11.8. The third kappa shape index (κ3) is 3.99. The largest absolute Gasteiger partial charge is 0.465 e. The number of amides is 2. The first-order chi connectivity index (χ1) is 8.58. The molecule has 0 aliphatic carbocycles. The Morgan fingerprint density at radius 3 is 2.61 bits per heavy atom. The zero-order chi connectivity index (χ0) is 13.5. The molecule has 102 valence electrons. The molecule has 0 aromatic carbocycles. The summed E-state index contributed by atoms with van der Waals surface area (Å²) in [6, 6.07) is 0. The molecule has 0 aromatic rings. The number of esters is 1. The number of imide groups is 1. The van der Waals surface area contributed by atoms with Crippen molar-refractivity contribution < 1.29 is 23.9 Å². The number of ether oxygens (including phenoxy) is 2. The summed E-state index contributed by atoms with van der Waals surface area (Å²) in [5.41, 5.74) is 0. The van der Waals surface area contributed by atoms with Crippen molar-refractivity contribution in [1.29, 1.82) is 0 Å². The zero-order valence-corrected chi connectivity index (χ0v) is 10.7. The maximum Gasteiger partial charge on any atom is 0.416 e. The predicted octanol–water partition coefficient (Wildman–Crippen LogP) is -0.150. The highest BCUT2D eigenvalue weighted by atomic mass is 16.6. The van der Waals surface area contributed by atoms with Gasteiger partial charge in [-0.2, -0.15) is 0 Å². The molecule has 1 heterocycles. The van der Waals surface area contributed by atoms with Gasteiger partial charge in [-0.05, 0) is 13.5 Å². The molecule has 0 saturated carbocycles. The Morgan fingerprint density at radius 2 is 2.11 bits per heavy atom. The van der Waals surface area contributed by atoms with Gasteiger partial charge in [0.15, 0.2) is 0 Å². The van der Waals surface area contributed by atoms with E-state index in [1.807, 2.05) is 6.92 Å². The van der Waals surface area contributed by atoms with Gasteiger partial charge in [0.1, 0.15) is 6.61 Å². The third-order valence-electron chi connectivity index (χ3n) is 2.53. The molecule has 0 N–H and O–H groups in total. The SMILES string of the molecule is CCOC(=O)CN(CC)CC(=O)N1CCOC1=O. The number of hydrogen-bond donors (Lipinski definition) is 0. The molecule has 18 heavy (non-hydrogen) atoms. The molecule has 1 aliphatic heterocycles. The topological polar surface area (TPSA) is 76.2 Å². The molecule has 0 aromatic heterocycles. The second-order valence-electron chi connectivity index (χ2n) is 3.77. The number of cyclic esters (lactones) is 1. The van der Waals surface area contributed by atoms with Gasteiger partial charge in [-0.1, -0.05) is 6.92 Å². The van der Waals surface area contributed by atoms with Crippen LogP contribution >= 0.6 is 0 Å². The Bertz CT molecular complexity index is 331. The maximum absolute atomic E-state index is 11.8. The number of carbonyl (C=O) groups excluding carboxylic acids is 3. The number of rotatable bonds is 6. The lowest BCUT2D eigenvalue weighted by molar-refractivity contribution is -0.144. The first-order valence-electron chi connectivity index (χ1n) is 5.93. The summed E-state index contributed by atoms with van der Waals surface area (Å²) in [4.78, 5) is 36.9. The number of carbonyl (C=O) groups is 3. The second kappa shape index (κ2) is 6.95. The average Bonchev–Trinajstić information content (AvgIpc) is 2.74. The monoisotopic (exact) mass is 258 g/mol. The molecule has 7 nitrogen and oxygen atoms in total. The Morgan fingerprint density at radius 1 is 1.39 bits per heavy atom. The molecule has 1 fully saturated rings.